The van der Waals surface area contributed by atoms with Crippen LogP contribution in [0, 0.1) is 0 Å². The van der Waals surface area contributed by atoms with Crippen LogP contribution < -0.4 is 10.1 Å². The molecular formula is C25H30N4O3. The van der Waals surface area contributed by atoms with Crippen LogP contribution in [-0.2, 0) is 4.74 Å². The van der Waals surface area contributed by atoms with E-state index in [1.807, 2.05) is 54.6 Å². The molecule has 1 aliphatic rings. The number of morpholine rings is 1. The van der Waals surface area contributed by atoms with E-state index in [-0.39, 0.29) is 11.4 Å². The van der Waals surface area contributed by atoms with Gasteiger partial charge >= 0.3 is 0 Å². The number of benzene rings is 2. The first-order valence-electron chi connectivity index (χ1n) is 10.9. The molecule has 0 saturated carbocycles. The molecule has 4 rings (SSSR count). The highest BCUT2D eigenvalue weighted by Crippen LogP contribution is 2.27. The van der Waals surface area contributed by atoms with E-state index < -0.39 is 0 Å². The minimum atomic E-state index is -0.176. The number of hydrogen-bond donors (Lipinski definition) is 1. The third kappa shape index (κ3) is 4.84. The minimum Gasteiger partial charge on any atom is -0.497 e. The number of methoxy groups -OCH3 is 1. The lowest BCUT2D eigenvalue weighted by atomic mass is 10.0. The molecule has 0 radical (unpaired) electrons. The van der Waals surface area contributed by atoms with Gasteiger partial charge in [0, 0.05) is 36.9 Å². The fraction of sp³-hybridized carbons (Fsp3) is 0.360. The molecule has 1 N–H and O–H groups in total. The van der Waals surface area contributed by atoms with E-state index in [0.29, 0.717) is 17.8 Å². The number of hydrogen-bond acceptors (Lipinski definition) is 5. The Balaban J connectivity index is 1.62. The lowest BCUT2D eigenvalue weighted by Gasteiger charge is -2.40. The summed E-state index contributed by atoms with van der Waals surface area (Å²) in [5, 5.41) is 7.89. The molecule has 32 heavy (non-hydrogen) atoms. The lowest BCUT2D eigenvalue weighted by Crippen LogP contribution is -2.55. The standard InChI is InChI=1S/C25H30N4O3/c1-25(2,28-12-14-32-15-13-28)18-26-24(30)22-17-29(20-9-5-4-6-10-20)27-23(22)19-8-7-11-21(16-19)31-3/h4-11,16-17H,12-15,18H2,1-3H3,(H,26,30). The molecule has 0 spiro atoms. The summed E-state index contributed by atoms with van der Waals surface area (Å²) in [6.45, 7) is 8.00. The maximum atomic E-state index is 13.3. The second-order valence-electron chi connectivity index (χ2n) is 8.50. The van der Waals surface area contributed by atoms with Crippen molar-refractivity contribution in [3.05, 3.63) is 66.4 Å². The van der Waals surface area contributed by atoms with Crippen molar-refractivity contribution in [1.82, 2.24) is 20.0 Å². The molecule has 1 fully saturated rings. The quantitative estimate of drug-likeness (QED) is 0.617. The van der Waals surface area contributed by atoms with Crippen molar-refractivity contribution in [2.45, 2.75) is 19.4 Å². The van der Waals surface area contributed by atoms with Gasteiger partial charge in [-0.05, 0) is 38.1 Å². The van der Waals surface area contributed by atoms with Crippen LogP contribution in [0.4, 0.5) is 0 Å². The average molecular weight is 435 g/mol. The Morgan fingerprint density at radius 2 is 1.88 bits per heavy atom. The van der Waals surface area contributed by atoms with Crippen LogP contribution in [0.1, 0.15) is 24.2 Å². The first-order valence-corrected chi connectivity index (χ1v) is 10.9. The van der Waals surface area contributed by atoms with Gasteiger partial charge in [0.1, 0.15) is 11.4 Å². The van der Waals surface area contributed by atoms with Gasteiger partial charge in [-0.15, -0.1) is 0 Å². The van der Waals surface area contributed by atoms with E-state index in [4.69, 9.17) is 14.6 Å². The Kier molecular flexibility index (Phi) is 6.58. The molecule has 2 aromatic carbocycles. The van der Waals surface area contributed by atoms with Gasteiger partial charge in [-0.25, -0.2) is 4.68 Å². The molecule has 0 aliphatic carbocycles. The van der Waals surface area contributed by atoms with Gasteiger partial charge < -0.3 is 14.8 Å². The summed E-state index contributed by atoms with van der Waals surface area (Å²) < 4.78 is 12.6. The van der Waals surface area contributed by atoms with E-state index >= 15 is 0 Å². The SMILES string of the molecule is COc1cccc(-c2nn(-c3ccccc3)cc2C(=O)NCC(C)(C)N2CCOCC2)c1. The Morgan fingerprint density at radius 1 is 1.12 bits per heavy atom. The molecule has 3 aromatic rings. The summed E-state index contributed by atoms with van der Waals surface area (Å²) in [4.78, 5) is 15.7. The molecule has 1 amide bonds. The minimum absolute atomic E-state index is 0.147. The van der Waals surface area contributed by atoms with Crippen LogP contribution in [-0.4, -0.2) is 66.1 Å². The van der Waals surface area contributed by atoms with Gasteiger partial charge in [-0.2, -0.15) is 5.10 Å². The topological polar surface area (TPSA) is 68.6 Å². The van der Waals surface area contributed by atoms with Crippen LogP contribution in [0.15, 0.2) is 60.8 Å². The van der Waals surface area contributed by atoms with Crippen LogP contribution in [0.5, 0.6) is 5.75 Å². The number of carbonyl (C=O) groups is 1. The summed E-state index contributed by atoms with van der Waals surface area (Å²) in [7, 11) is 1.63. The molecule has 168 valence electrons. The van der Waals surface area contributed by atoms with Gasteiger partial charge in [0.2, 0.25) is 0 Å². The zero-order valence-corrected chi connectivity index (χ0v) is 18.9. The van der Waals surface area contributed by atoms with Crippen molar-refractivity contribution in [1.29, 1.82) is 0 Å². The average Bonchev–Trinajstić information content (AvgIpc) is 3.29. The van der Waals surface area contributed by atoms with Crippen molar-refractivity contribution < 1.29 is 14.3 Å². The Hall–Kier alpha value is -3.16. The molecular weight excluding hydrogens is 404 g/mol. The van der Waals surface area contributed by atoms with E-state index in [9.17, 15) is 4.79 Å². The predicted molar refractivity (Wildman–Crippen MR) is 124 cm³/mol. The molecule has 0 bridgehead atoms. The maximum absolute atomic E-state index is 13.3. The molecule has 2 heterocycles. The summed E-state index contributed by atoms with van der Waals surface area (Å²) in [5.74, 6) is 0.572. The number of rotatable bonds is 7. The second kappa shape index (κ2) is 9.54. The number of ether oxygens (including phenoxy) is 2. The zero-order chi connectivity index (χ0) is 22.6. The molecule has 1 saturated heterocycles. The molecule has 0 unspecified atom stereocenters. The van der Waals surface area contributed by atoms with E-state index in [0.717, 1.165) is 43.3 Å². The number of carbonyl (C=O) groups excluding carboxylic acids is 1. The highest BCUT2D eigenvalue weighted by atomic mass is 16.5. The van der Waals surface area contributed by atoms with Gasteiger partial charge in [0.25, 0.3) is 5.91 Å². The first kappa shape index (κ1) is 22.0. The van der Waals surface area contributed by atoms with Gasteiger partial charge in [-0.1, -0.05) is 30.3 Å². The lowest BCUT2D eigenvalue weighted by molar-refractivity contribution is -0.00923. The van der Waals surface area contributed by atoms with Gasteiger partial charge in [0.05, 0.1) is 31.6 Å². The van der Waals surface area contributed by atoms with Crippen molar-refractivity contribution >= 4 is 5.91 Å². The molecule has 1 aliphatic heterocycles. The number of aromatic nitrogens is 2. The van der Waals surface area contributed by atoms with Crippen LogP contribution in [0.3, 0.4) is 0 Å². The highest BCUT2D eigenvalue weighted by molar-refractivity contribution is 6.00. The van der Waals surface area contributed by atoms with Crippen molar-refractivity contribution in [2.75, 3.05) is 40.0 Å². The van der Waals surface area contributed by atoms with Gasteiger partial charge in [-0.3, -0.25) is 9.69 Å². The Labute approximate surface area is 188 Å². The smallest absolute Gasteiger partial charge is 0.255 e. The van der Waals surface area contributed by atoms with Crippen LogP contribution >= 0.6 is 0 Å². The Bertz CT molecular complexity index is 1060. The molecule has 0 atom stereocenters. The number of nitrogens with one attached hydrogen (secondary N) is 1. The Morgan fingerprint density at radius 3 is 2.59 bits per heavy atom. The van der Waals surface area contributed by atoms with Gasteiger partial charge in [0.15, 0.2) is 0 Å². The van der Waals surface area contributed by atoms with E-state index in [2.05, 4.69) is 24.1 Å². The maximum Gasteiger partial charge on any atom is 0.255 e. The predicted octanol–water partition coefficient (Wildman–Crippen LogP) is 3.39. The fourth-order valence-electron chi connectivity index (χ4n) is 3.91. The van der Waals surface area contributed by atoms with Crippen molar-refractivity contribution in [3.8, 4) is 22.7 Å². The number of para-hydroxylation sites is 1. The molecule has 7 nitrogen and oxygen atoms in total. The number of nitrogens with zero attached hydrogens (tertiary/aromatic N) is 3. The third-order valence-electron chi connectivity index (χ3n) is 5.87. The molecule has 1 aromatic heterocycles. The summed E-state index contributed by atoms with van der Waals surface area (Å²) in [5.41, 5.74) is 2.70. The molecule has 7 heteroatoms. The first-order chi connectivity index (χ1) is 15.5. The fourth-order valence-corrected chi connectivity index (χ4v) is 3.91. The third-order valence-corrected chi connectivity index (χ3v) is 5.87. The normalized spacial score (nSPS) is 14.8. The van der Waals surface area contributed by atoms with E-state index in [1.165, 1.54) is 0 Å². The van der Waals surface area contributed by atoms with Crippen molar-refractivity contribution in [2.24, 2.45) is 0 Å². The van der Waals surface area contributed by atoms with Crippen LogP contribution in [0.2, 0.25) is 0 Å². The van der Waals surface area contributed by atoms with Crippen molar-refractivity contribution in [3.63, 3.8) is 0 Å². The van der Waals surface area contributed by atoms with E-state index in [1.54, 1.807) is 18.0 Å². The number of amides is 1. The summed E-state index contributed by atoms with van der Waals surface area (Å²) in [6.07, 6.45) is 1.79. The highest BCUT2D eigenvalue weighted by Gasteiger charge is 2.29. The van der Waals surface area contributed by atoms with Crippen LogP contribution in [0.25, 0.3) is 16.9 Å². The summed E-state index contributed by atoms with van der Waals surface area (Å²) >= 11 is 0. The monoisotopic (exact) mass is 434 g/mol. The zero-order valence-electron chi connectivity index (χ0n) is 18.9. The second-order valence-corrected chi connectivity index (χ2v) is 8.50. The summed E-state index contributed by atoms with van der Waals surface area (Å²) in [6, 6.07) is 17.4. The largest absolute Gasteiger partial charge is 0.497 e.